The smallest absolute Gasteiger partial charge is 0.314 e. The van der Waals surface area contributed by atoms with Crippen molar-refractivity contribution in [3.05, 3.63) is 35.1 Å². The van der Waals surface area contributed by atoms with E-state index in [0.29, 0.717) is 30.8 Å². The van der Waals surface area contributed by atoms with Crippen LogP contribution in [0.1, 0.15) is 44.2 Å². The zero-order valence-corrected chi connectivity index (χ0v) is 17.5. The van der Waals surface area contributed by atoms with Crippen LogP contribution in [0.5, 0.6) is 11.5 Å². The Labute approximate surface area is 175 Å². The van der Waals surface area contributed by atoms with Crippen LogP contribution in [0, 0.1) is 5.92 Å². The maximum absolute atomic E-state index is 12.6. The number of hydrogen-bond donors (Lipinski definition) is 2. The lowest BCUT2D eigenvalue weighted by molar-refractivity contribution is -0.170. The van der Waals surface area contributed by atoms with E-state index in [0.717, 1.165) is 17.7 Å². The average Bonchev–Trinajstić information content (AvgIpc) is 3.04. The van der Waals surface area contributed by atoms with Crippen LogP contribution in [-0.2, 0) is 26.2 Å². The van der Waals surface area contributed by atoms with Crippen LogP contribution in [-0.4, -0.2) is 58.2 Å². The zero-order chi connectivity index (χ0) is 21.4. The number of likely N-dealkylation sites (tertiary alicyclic amines) is 1. The number of phenols is 1. The fourth-order valence-corrected chi connectivity index (χ4v) is 6.17. The van der Waals surface area contributed by atoms with E-state index in [4.69, 9.17) is 9.47 Å². The molecule has 0 amide bonds. The molecule has 5 rings (SSSR count). The number of aliphatic hydroxyl groups is 1. The minimum atomic E-state index is -1.09. The number of nitrogens with zero attached hydrogens (tertiary/aromatic N) is 1. The monoisotopic (exact) mass is 413 g/mol. The van der Waals surface area contributed by atoms with Crippen molar-refractivity contribution in [2.24, 2.45) is 5.92 Å². The van der Waals surface area contributed by atoms with Crippen LogP contribution in [0.4, 0.5) is 0 Å². The molecule has 1 saturated heterocycles. The maximum Gasteiger partial charge on any atom is 0.314 e. The Morgan fingerprint density at radius 3 is 2.90 bits per heavy atom. The lowest BCUT2D eigenvalue weighted by Crippen LogP contribution is -2.74. The summed E-state index contributed by atoms with van der Waals surface area (Å²) in [6.07, 6.45) is 2.81. The summed E-state index contributed by atoms with van der Waals surface area (Å²) in [6, 6.07) is 3.45. The molecule has 1 spiro atoms. The number of likely N-dealkylation sites (N-methyl/N-ethyl adjacent to an activating group) is 1. The van der Waals surface area contributed by atoms with Crippen molar-refractivity contribution < 1.29 is 29.3 Å². The summed E-state index contributed by atoms with van der Waals surface area (Å²) >= 11 is 0. The molecule has 0 aromatic heterocycles. The van der Waals surface area contributed by atoms with Gasteiger partial charge in [-0.3, -0.25) is 4.79 Å². The number of aromatic hydroxyl groups is 1. The van der Waals surface area contributed by atoms with Gasteiger partial charge in [0.1, 0.15) is 11.5 Å². The number of benzene rings is 1. The maximum atomic E-state index is 12.6. The predicted molar refractivity (Wildman–Crippen MR) is 107 cm³/mol. The highest BCUT2D eigenvalue weighted by molar-refractivity contribution is 5.83. The fourth-order valence-electron chi connectivity index (χ4n) is 6.17. The summed E-state index contributed by atoms with van der Waals surface area (Å²) < 4.78 is 12.0. The minimum Gasteiger partial charge on any atom is -0.504 e. The summed E-state index contributed by atoms with van der Waals surface area (Å²) in [4.78, 5) is 26.2. The highest BCUT2D eigenvalue weighted by Gasteiger charge is 2.72. The first-order valence-corrected chi connectivity index (χ1v) is 10.5. The molecule has 0 unspecified atom stereocenters. The lowest BCUT2D eigenvalue weighted by atomic mass is 9.50. The molecule has 7 nitrogen and oxygen atoms in total. The Hall–Kier alpha value is -2.38. The van der Waals surface area contributed by atoms with Gasteiger partial charge in [0.15, 0.2) is 17.6 Å². The molecule has 0 saturated carbocycles. The molecule has 0 radical (unpaired) electrons. The number of phenolic OH excluding ortho intramolecular Hbond substituents is 1. The summed E-state index contributed by atoms with van der Waals surface area (Å²) in [5.74, 6) is -0.331. The van der Waals surface area contributed by atoms with Crippen molar-refractivity contribution in [1.82, 2.24) is 4.90 Å². The van der Waals surface area contributed by atoms with E-state index in [1.165, 1.54) is 6.92 Å². The first-order valence-electron chi connectivity index (χ1n) is 10.5. The van der Waals surface area contributed by atoms with Gasteiger partial charge in [-0.05, 0) is 51.1 Å². The first kappa shape index (κ1) is 19.6. The quantitative estimate of drug-likeness (QED) is 0.727. The molecule has 2 aliphatic carbocycles. The SMILES string of the molecule is CC(=O)C[C@H](C)C(=O)OC1=CC[C@@]2(O)[C@H]3Cc4ccc(O)c5c4[C@@]2(CCN3C)[C@H]1O5. The highest BCUT2D eigenvalue weighted by atomic mass is 16.6. The van der Waals surface area contributed by atoms with E-state index in [1.54, 1.807) is 19.1 Å². The molecule has 160 valence electrons. The number of carbonyl (C=O) groups excluding carboxylic acids is 2. The fraction of sp³-hybridized carbons (Fsp3) is 0.565. The number of ether oxygens (including phenoxy) is 2. The van der Waals surface area contributed by atoms with Gasteiger partial charge in [-0.2, -0.15) is 0 Å². The topological polar surface area (TPSA) is 96.3 Å². The third-order valence-electron chi connectivity index (χ3n) is 7.57. The molecule has 1 fully saturated rings. The van der Waals surface area contributed by atoms with Crippen molar-refractivity contribution in [2.45, 2.75) is 62.7 Å². The van der Waals surface area contributed by atoms with Gasteiger partial charge in [0.05, 0.1) is 16.9 Å². The molecule has 5 atom stereocenters. The highest BCUT2D eigenvalue weighted by Crippen LogP contribution is 2.65. The largest absolute Gasteiger partial charge is 0.504 e. The second kappa shape index (κ2) is 6.31. The van der Waals surface area contributed by atoms with E-state index >= 15 is 0 Å². The summed E-state index contributed by atoms with van der Waals surface area (Å²) in [7, 11) is 2.02. The molecule has 2 bridgehead atoms. The van der Waals surface area contributed by atoms with E-state index in [1.807, 2.05) is 13.1 Å². The number of carbonyl (C=O) groups is 2. The second-order valence-electron chi connectivity index (χ2n) is 9.33. The molecule has 2 heterocycles. The summed E-state index contributed by atoms with van der Waals surface area (Å²) in [5.41, 5.74) is 0.0549. The van der Waals surface area contributed by atoms with Crippen LogP contribution in [0.3, 0.4) is 0 Å². The molecular weight excluding hydrogens is 386 g/mol. The van der Waals surface area contributed by atoms with Gasteiger partial charge in [-0.25, -0.2) is 0 Å². The molecule has 4 aliphatic rings. The zero-order valence-electron chi connectivity index (χ0n) is 17.5. The van der Waals surface area contributed by atoms with E-state index in [9.17, 15) is 19.8 Å². The third-order valence-corrected chi connectivity index (χ3v) is 7.57. The van der Waals surface area contributed by atoms with Gasteiger partial charge in [-0.15, -0.1) is 0 Å². The first-order chi connectivity index (χ1) is 14.2. The van der Waals surface area contributed by atoms with Gasteiger partial charge in [0.25, 0.3) is 0 Å². The Balaban J connectivity index is 1.60. The normalized spacial score (nSPS) is 34.5. The Bertz CT molecular complexity index is 986. The van der Waals surface area contributed by atoms with Crippen LogP contribution in [0.15, 0.2) is 24.0 Å². The number of Topliss-reactive ketones (excluding diaryl/α,β-unsaturated/α-hetero) is 1. The molecule has 1 aromatic rings. The van der Waals surface area contributed by atoms with Gasteiger partial charge in [0, 0.05) is 24.4 Å². The second-order valence-corrected chi connectivity index (χ2v) is 9.33. The van der Waals surface area contributed by atoms with Gasteiger partial charge >= 0.3 is 5.97 Å². The lowest BCUT2D eigenvalue weighted by Gasteiger charge is -2.61. The van der Waals surface area contributed by atoms with Gasteiger partial charge in [0.2, 0.25) is 0 Å². The van der Waals surface area contributed by atoms with Crippen LogP contribution in [0.25, 0.3) is 0 Å². The molecule has 1 aromatic carbocycles. The standard InChI is InChI=1S/C23H27NO6/c1-12(10-13(2)25)21(27)29-16-6-7-23(28)17-11-14-4-5-15(26)19-18(14)22(23,20(16)30-19)8-9-24(17)3/h4-6,12,17,20,26,28H,7-11H2,1-3H3/t12-,17+,20-,22-,23+/m0/s1. The van der Waals surface area contributed by atoms with Crippen LogP contribution < -0.4 is 4.74 Å². The van der Waals surface area contributed by atoms with E-state index in [2.05, 4.69) is 4.90 Å². The number of rotatable bonds is 4. The number of ketones is 1. The van der Waals surface area contributed by atoms with Crippen LogP contribution >= 0.6 is 0 Å². The Kier molecular flexibility index (Phi) is 4.12. The number of esters is 1. The average molecular weight is 413 g/mol. The van der Waals surface area contributed by atoms with Gasteiger partial charge in [-0.1, -0.05) is 13.0 Å². The van der Waals surface area contributed by atoms with Crippen molar-refractivity contribution in [3.63, 3.8) is 0 Å². The van der Waals surface area contributed by atoms with Crippen molar-refractivity contribution in [1.29, 1.82) is 0 Å². The molecular formula is C23H27NO6. The number of piperidine rings is 1. The van der Waals surface area contributed by atoms with Gasteiger partial charge < -0.3 is 29.4 Å². The van der Waals surface area contributed by atoms with Crippen molar-refractivity contribution >= 4 is 11.8 Å². The molecule has 2 aliphatic heterocycles. The Morgan fingerprint density at radius 2 is 2.17 bits per heavy atom. The van der Waals surface area contributed by atoms with E-state index < -0.39 is 29.0 Å². The molecule has 2 N–H and O–H groups in total. The predicted octanol–water partition coefficient (Wildman–Crippen LogP) is 1.83. The minimum absolute atomic E-state index is 0.0351. The third kappa shape index (κ3) is 2.33. The van der Waals surface area contributed by atoms with Crippen molar-refractivity contribution in [3.8, 4) is 11.5 Å². The van der Waals surface area contributed by atoms with E-state index in [-0.39, 0.29) is 24.0 Å². The van der Waals surface area contributed by atoms with Crippen LogP contribution in [0.2, 0.25) is 0 Å². The summed E-state index contributed by atoms with van der Waals surface area (Å²) in [5, 5.41) is 22.5. The summed E-state index contributed by atoms with van der Waals surface area (Å²) in [6.45, 7) is 3.88. The van der Waals surface area contributed by atoms with Crippen molar-refractivity contribution in [2.75, 3.05) is 13.6 Å². The molecule has 30 heavy (non-hydrogen) atoms. The molecule has 7 heteroatoms. The number of hydrogen-bond acceptors (Lipinski definition) is 7. The Morgan fingerprint density at radius 1 is 1.40 bits per heavy atom.